The molecule has 1 fully saturated rings. The molecule has 0 aliphatic carbocycles. The van der Waals surface area contributed by atoms with E-state index in [9.17, 15) is 18.8 Å². The van der Waals surface area contributed by atoms with Gasteiger partial charge in [0.25, 0.3) is 11.8 Å². The van der Waals surface area contributed by atoms with Gasteiger partial charge in [0.05, 0.1) is 12.3 Å². The number of aryl methyl sites for hydroxylation is 1. The van der Waals surface area contributed by atoms with Crippen molar-refractivity contribution in [1.82, 2.24) is 5.32 Å². The van der Waals surface area contributed by atoms with Crippen molar-refractivity contribution in [3.05, 3.63) is 107 Å². The van der Waals surface area contributed by atoms with E-state index < -0.39 is 17.8 Å². The number of ether oxygens (including phenoxy) is 2. The van der Waals surface area contributed by atoms with Crippen LogP contribution >= 0.6 is 0 Å². The van der Waals surface area contributed by atoms with Crippen LogP contribution in [0.15, 0.2) is 78.9 Å². The number of nitrogens with zero attached hydrogens (tertiary/aromatic N) is 1. The van der Waals surface area contributed by atoms with Crippen LogP contribution in [0.1, 0.15) is 29.2 Å². The topological polar surface area (TPSA) is 84.9 Å². The Kier molecular flexibility index (Phi) is 8.01. The third kappa shape index (κ3) is 5.81. The minimum atomic E-state index is -0.815. The summed E-state index contributed by atoms with van der Waals surface area (Å²) in [5.41, 5.74) is 2.95. The molecule has 4 amide bonds. The second kappa shape index (κ2) is 11.6. The molecule has 7 nitrogen and oxygen atoms in total. The predicted octanol–water partition coefficient (Wildman–Crippen LogP) is 5.51. The zero-order valence-corrected chi connectivity index (χ0v) is 21.1. The maximum absolute atomic E-state index is 13.6. The molecule has 0 atom stereocenters. The van der Waals surface area contributed by atoms with Crippen molar-refractivity contribution >= 4 is 29.6 Å². The van der Waals surface area contributed by atoms with Gasteiger partial charge in [-0.1, -0.05) is 35.9 Å². The first kappa shape index (κ1) is 26.3. The molecule has 194 valence electrons. The Balaban J connectivity index is 1.71. The van der Waals surface area contributed by atoms with Gasteiger partial charge in [0.2, 0.25) is 0 Å². The summed E-state index contributed by atoms with van der Waals surface area (Å²) in [6.07, 6.45) is 3.51. The van der Waals surface area contributed by atoms with Gasteiger partial charge in [-0.05, 0) is 73.9 Å². The predicted molar refractivity (Wildman–Crippen MR) is 142 cm³/mol. The third-order valence-electron chi connectivity index (χ3n) is 5.80. The first-order chi connectivity index (χ1) is 18.3. The van der Waals surface area contributed by atoms with Crippen molar-refractivity contribution in [2.45, 2.75) is 26.9 Å². The average Bonchev–Trinajstić information content (AvgIpc) is 2.87. The van der Waals surface area contributed by atoms with Crippen LogP contribution in [0.25, 0.3) is 6.08 Å². The first-order valence-corrected chi connectivity index (χ1v) is 12.1. The van der Waals surface area contributed by atoms with E-state index in [2.05, 4.69) is 11.9 Å². The highest BCUT2D eigenvalue weighted by molar-refractivity contribution is 6.39. The van der Waals surface area contributed by atoms with E-state index in [-0.39, 0.29) is 18.0 Å². The molecular formula is C30H27FN2O5. The van der Waals surface area contributed by atoms with Crippen LogP contribution in [0.3, 0.4) is 0 Å². The second-order valence-corrected chi connectivity index (χ2v) is 8.65. The number of anilines is 1. The van der Waals surface area contributed by atoms with Crippen molar-refractivity contribution in [2.75, 3.05) is 11.5 Å². The van der Waals surface area contributed by atoms with Crippen LogP contribution in [0.4, 0.5) is 14.9 Å². The van der Waals surface area contributed by atoms with E-state index in [0.29, 0.717) is 46.9 Å². The largest absolute Gasteiger partial charge is 0.490 e. The number of hydrogen-bond donors (Lipinski definition) is 1. The standard InChI is InChI=1S/C30H27FN2O5/c1-4-7-22-14-21(17-26(37-5-2)27(22)38-18-20-8-6-9-23(31)15-20)16-25-28(34)32-30(36)33(29(25)35)24-12-10-19(3)11-13-24/h4,6,8-17H,1,5,7,18H2,2-3H3,(H,32,34,36)/b25-16+. The molecule has 0 radical (unpaired) electrons. The number of carbonyl (C=O) groups is 3. The van der Waals surface area contributed by atoms with Gasteiger partial charge in [0.15, 0.2) is 11.5 Å². The molecular weight excluding hydrogens is 487 g/mol. The van der Waals surface area contributed by atoms with Crippen molar-refractivity contribution in [3.8, 4) is 11.5 Å². The van der Waals surface area contributed by atoms with Gasteiger partial charge in [0.1, 0.15) is 18.0 Å². The summed E-state index contributed by atoms with van der Waals surface area (Å²) in [4.78, 5) is 39.4. The summed E-state index contributed by atoms with van der Waals surface area (Å²) in [6.45, 7) is 7.95. The van der Waals surface area contributed by atoms with Crippen molar-refractivity contribution in [2.24, 2.45) is 0 Å². The van der Waals surface area contributed by atoms with Crippen LogP contribution in [0.5, 0.6) is 11.5 Å². The number of allylic oxidation sites excluding steroid dienone is 1. The lowest BCUT2D eigenvalue weighted by molar-refractivity contribution is -0.122. The molecule has 1 aliphatic heterocycles. The number of benzene rings is 3. The van der Waals surface area contributed by atoms with Crippen LogP contribution in [-0.2, 0) is 22.6 Å². The van der Waals surface area contributed by atoms with Gasteiger partial charge in [0, 0.05) is 5.56 Å². The van der Waals surface area contributed by atoms with Crippen molar-refractivity contribution in [1.29, 1.82) is 0 Å². The summed E-state index contributed by atoms with van der Waals surface area (Å²) in [5.74, 6) is -1.05. The maximum Gasteiger partial charge on any atom is 0.335 e. The minimum absolute atomic E-state index is 0.108. The van der Waals surface area contributed by atoms with E-state index in [0.717, 1.165) is 10.5 Å². The molecule has 0 aromatic heterocycles. The summed E-state index contributed by atoms with van der Waals surface area (Å²) in [7, 11) is 0. The summed E-state index contributed by atoms with van der Waals surface area (Å²) in [6, 6.07) is 15.5. The Bertz CT molecular complexity index is 1430. The Morgan fingerprint density at radius 1 is 1.03 bits per heavy atom. The van der Waals surface area contributed by atoms with Crippen LogP contribution in [0, 0.1) is 12.7 Å². The normalized spacial score (nSPS) is 14.4. The summed E-state index contributed by atoms with van der Waals surface area (Å²) in [5, 5.41) is 2.23. The molecule has 1 heterocycles. The smallest absolute Gasteiger partial charge is 0.335 e. The Morgan fingerprint density at radius 2 is 1.79 bits per heavy atom. The van der Waals surface area contributed by atoms with Gasteiger partial charge in [-0.15, -0.1) is 6.58 Å². The maximum atomic E-state index is 13.6. The second-order valence-electron chi connectivity index (χ2n) is 8.65. The van der Waals surface area contributed by atoms with E-state index in [1.54, 1.807) is 54.6 Å². The third-order valence-corrected chi connectivity index (χ3v) is 5.80. The lowest BCUT2D eigenvalue weighted by atomic mass is 10.0. The lowest BCUT2D eigenvalue weighted by Crippen LogP contribution is -2.54. The number of halogens is 1. The van der Waals surface area contributed by atoms with Gasteiger partial charge in [-0.25, -0.2) is 14.1 Å². The fourth-order valence-electron chi connectivity index (χ4n) is 4.04. The van der Waals surface area contributed by atoms with E-state index in [1.807, 2.05) is 13.8 Å². The van der Waals surface area contributed by atoms with E-state index in [4.69, 9.17) is 9.47 Å². The molecule has 0 unspecified atom stereocenters. The van der Waals surface area contributed by atoms with Crippen LogP contribution in [-0.4, -0.2) is 24.5 Å². The molecule has 4 rings (SSSR count). The zero-order valence-electron chi connectivity index (χ0n) is 21.1. The highest BCUT2D eigenvalue weighted by Crippen LogP contribution is 2.36. The highest BCUT2D eigenvalue weighted by Gasteiger charge is 2.36. The number of imide groups is 2. The molecule has 1 aliphatic rings. The molecule has 0 saturated carbocycles. The quantitative estimate of drug-likeness (QED) is 0.231. The Hall–Kier alpha value is -4.72. The molecule has 1 N–H and O–H groups in total. The molecule has 3 aromatic carbocycles. The highest BCUT2D eigenvalue weighted by atomic mass is 19.1. The molecule has 0 spiro atoms. The number of barbiturate groups is 1. The Labute approximate surface area is 220 Å². The monoisotopic (exact) mass is 514 g/mol. The molecule has 8 heteroatoms. The van der Waals surface area contributed by atoms with Crippen LogP contribution in [0.2, 0.25) is 0 Å². The summed E-state index contributed by atoms with van der Waals surface area (Å²) >= 11 is 0. The fourth-order valence-corrected chi connectivity index (χ4v) is 4.04. The fraction of sp³-hybridized carbons (Fsp3) is 0.167. The van der Waals surface area contributed by atoms with Crippen LogP contribution < -0.4 is 19.7 Å². The summed E-state index contributed by atoms with van der Waals surface area (Å²) < 4.78 is 25.5. The minimum Gasteiger partial charge on any atom is -0.490 e. The van der Waals surface area contributed by atoms with Crippen molar-refractivity contribution in [3.63, 3.8) is 0 Å². The van der Waals surface area contributed by atoms with E-state index >= 15 is 0 Å². The number of nitrogens with one attached hydrogen (secondary N) is 1. The molecule has 38 heavy (non-hydrogen) atoms. The molecule has 1 saturated heterocycles. The lowest BCUT2D eigenvalue weighted by Gasteiger charge is -2.26. The van der Waals surface area contributed by atoms with Gasteiger partial charge in [-0.3, -0.25) is 14.9 Å². The van der Waals surface area contributed by atoms with Gasteiger partial charge in [-0.2, -0.15) is 0 Å². The number of hydrogen-bond acceptors (Lipinski definition) is 5. The number of carbonyl (C=O) groups excluding carboxylic acids is 3. The number of amides is 4. The number of rotatable bonds is 9. The Morgan fingerprint density at radius 3 is 2.47 bits per heavy atom. The molecule has 0 bridgehead atoms. The van der Waals surface area contributed by atoms with E-state index in [1.165, 1.54) is 18.2 Å². The molecule has 3 aromatic rings. The average molecular weight is 515 g/mol. The van der Waals surface area contributed by atoms with Crippen molar-refractivity contribution < 1.29 is 28.2 Å². The first-order valence-electron chi connectivity index (χ1n) is 12.1. The van der Waals surface area contributed by atoms with Gasteiger partial charge >= 0.3 is 6.03 Å². The zero-order chi connectivity index (χ0) is 27.2. The number of urea groups is 1. The van der Waals surface area contributed by atoms with Gasteiger partial charge < -0.3 is 9.47 Å². The SMILES string of the molecule is C=CCc1cc(/C=C2\C(=O)NC(=O)N(c3ccc(C)cc3)C2=O)cc(OCC)c1OCc1cccc(F)c1.